The highest BCUT2D eigenvalue weighted by atomic mass is 16.5. The second kappa shape index (κ2) is 7.34. The molecule has 1 aromatic heterocycles. The Balaban J connectivity index is 1.91. The van der Waals surface area contributed by atoms with Crippen molar-refractivity contribution in [2.45, 2.75) is 39.2 Å². The zero-order chi connectivity index (χ0) is 13.5. The highest BCUT2D eigenvalue weighted by Crippen LogP contribution is 2.22. The van der Waals surface area contributed by atoms with Crippen molar-refractivity contribution in [1.29, 1.82) is 0 Å². The molecule has 0 aliphatic carbocycles. The van der Waals surface area contributed by atoms with Crippen LogP contribution < -0.4 is 10.2 Å². The van der Waals surface area contributed by atoms with Gasteiger partial charge in [0.1, 0.15) is 5.82 Å². The largest absolute Gasteiger partial charge is 0.378 e. The Morgan fingerprint density at radius 2 is 2.16 bits per heavy atom. The van der Waals surface area contributed by atoms with Crippen molar-refractivity contribution >= 4 is 11.5 Å². The van der Waals surface area contributed by atoms with E-state index >= 15 is 0 Å². The Bertz CT molecular complexity index is 375. The first-order chi connectivity index (χ1) is 9.33. The van der Waals surface area contributed by atoms with E-state index in [2.05, 4.69) is 41.2 Å². The third-order valence-electron chi connectivity index (χ3n) is 3.51. The molecule has 1 aliphatic rings. The van der Waals surface area contributed by atoms with E-state index in [1.54, 1.807) is 0 Å². The fourth-order valence-corrected chi connectivity index (χ4v) is 2.48. The minimum Gasteiger partial charge on any atom is -0.378 e. The Morgan fingerprint density at radius 1 is 1.37 bits per heavy atom. The first-order valence-corrected chi connectivity index (χ1v) is 7.40. The molecule has 1 fully saturated rings. The highest BCUT2D eigenvalue weighted by Gasteiger charge is 2.19. The van der Waals surface area contributed by atoms with E-state index in [0.29, 0.717) is 6.10 Å². The van der Waals surface area contributed by atoms with Gasteiger partial charge in [0.05, 0.1) is 6.10 Å². The summed E-state index contributed by atoms with van der Waals surface area (Å²) in [7, 11) is 0. The van der Waals surface area contributed by atoms with E-state index in [4.69, 9.17) is 4.74 Å². The van der Waals surface area contributed by atoms with Crippen LogP contribution in [-0.2, 0) is 4.74 Å². The maximum atomic E-state index is 5.69. The molecule has 2 heterocycles. The molecule has 1 N–H and O–H groups in total. The smallest absolute Gasteiger partial charge is 0.127 e. The van der Waals surface area contributed by atoms with Crippen LogP contribution in [0.2, 0.25) is 0 Å². The molecular weight excluding hydrogens is 238 g/mol. The van der Waals surface area contributed by atoms with Crippen molar-refractivity contribution in [2.24, 2.45) is 0 Å². The molecule has 2 rings (SSSR count). The van der Waals surface area contributed by atoms with Crippen molar-refractivity contribution in [3.63, 3.8) is 0 Å². The van der Waals surface area contributed by atoms with Crippen LogP contribution in [0.5, 0.6) is 0 Å². The van der Waals surface area contributed by atoms with Gasteiger partial charge in [-0.2, -0.15) is 0 Å². The molecule has 0 radical (unpaired) electrons. The summed E-state index contributed by atoms with van der Waals surface area (Å²) in [5.74, 6) is 0.978. The molecule has 0 aromatic carbocycles. The summed E-state index contributed by atoms with van der Waals surface area (Å²) < 4.78 is 5.69. The van der Waals surface area contributed by atoms with E-state index in [9.17, 15) is 0 Å². The predicted molar refractivity (Wildman–Crippen MR) is 79.9 cm³/mol. The Hall–Kier alpha value is -1.29. The van der Waals surface area contributed by atoms with Crippen LogP contribution in [0, 0.1) is 0 Å². The SMILES string of the molecule is CCCNc1cc(N2CCC(OCC)CC2)ccn1. The van der Waals surface area contributed by atoms with Gasteiger partial charge >= 0.3 is 0 Å². The van der Waals surface area contributed by atoms with Gasteiger partial charge < -0.3 is 15.0 Å². The summed E-state index contributed by atoms with van der Waals surface area (Å²) in [4.78, 5) is 6.78. The van der Waals surface area contributed by atoms with Gasteiger partial charge in [-0.05, 0) is 32.3 Å². The third kappa shape index (κ3) is 4.10. The summed E-state index contributed by atoms with van der Waals surface area (Å²) in [5, 5.41) is 3.34. The highest BCUT2D eigenvalue weighted by molar-refractivity contribution is 5.54. The van der Waals surface area contributed by atoms with Gasteiger partial charge in [-0.15, -0.1) is 0 Å². The average molecular weight is 263 g/mol. The molecule has 4 heteroatoms. The number of aromatic nitrogens is 1. The normalized spacial score (nSPS) is 16.6. The molecule has 1 saturated heterocycles. The Kier molecular flexibility index (Phi) is 5.45. The molecule has 0 atom stereocenters. The summed E-state index contributed by atoms with van der Waals surface area (Å²) in [6, 6.07) is 4.24. The van der Waals surface area contributed by atoms with Crippen molar-refractivity contribution in [3.8, 4) is 0 Å². The van der Waals surface area contributed by atoms with Gasteiger partial charge in [-0.1, -0.05) is 6.92 Å². The van der Waals surface area contributed by atoms with Gasteiger partial charge in [-0.25, -0.2) is 4.98 Å². The average Bonchev–Trinajstić information content (AvgIpc) is 2.46. The van der Waals surface area contributed by atoms with Gasteiger partial charge in [-0.3, -0.25) is 0 Å². The first kappa shape index (κ1) is 14.1. The number of rotatable bonds is 6. The molecule has 1 aromatic rings. The number of nitrogens with one attached hydrogen (secondary N) is 1. The van der Waals surface area contributed by atoms with Crippen molar-refractivity contribution in [2.75, 3.05) is 36.5 Å². The zero-order valence-electron chi connectivity index (χ0n) is 12.1. The fourth-order valence-electron chi connectivity index (χ4n) is 2.48. The lowest BCUT2D eigenvalue weighted by Crippen LogP contribution is -2.37. The Morgan fingerprint density at radius 3 is 2.84 bits per heavy atom. The van der Waals surface area contributed by atoms with Gasteiger partial charge in [0, 0.05) is 44.2 Å². The van der Waals surface area contributed by atoms with Gasteiger partial charge in [0.25, 0.3) is 0 Å². The van der Waals surface area contributed by atoms with E-state index < -0.39 is 0 Å². The third-order valence-corrected chi connectivity index (χ3v) is 3.51. The van der Waals surface area contributed by atoms with Crippen LogP contribution in [0.15, 0.2) is 18.3 Å². The van der Waals surface area contributed by atoms with Crippen molar-refractivity contribution in [3.05, 3.63) is 18.3 Å². The number of ether oxygens (including phenoxy) is 1. The van der Waals surface area contributed by atoms with Crippen molar-refractivity contribution in [1.82, 2.24) is 4.98 Å². The van der Waals surface area contributed by atoms with Gasteiger partial charge in [0.15, 0.2) is 0 Å². The maximum absolute atomic E-state index is 5.69. The molecule has 0 spiro atoms. The summed E-state index contributed by atoms with van der Waals surface area (Å²) >= 11 is 0. The molecule has 19 heavy (non-hydrogen) atoms. The van der Waals surface area contributed by atoms with Crippen LogP contribution in [0.3, 0.4) is 0 Å². The predicted octanol–water partition coefficient (Wildman–Crippen LogP) is 2.91. The molecule has 1 aliphatic heterocycles. The van der Waals surface area contributed by atoms with Crippen LogP contribution in [0.1, 0.15) is 33.1 Å². The minimum atomic E-state index is 0.445. The van der Waals surface area contributed by atoms with E-state index in [1.807, 2.05) is 6.20 Å². The summed E-state index contributed by atoms with van der Waals surface area (Å²) in [5.41, 5.74) is 1.27. The summed E-state index contributed by atoms with van der Waals surface area (Å²) in [6.45, 7) is 8.17. The molecular formula is C15H25N3O. The molecule has 106 valence electrons. The monoisotopic (exact) mass is 263 g/mol. The summed E-state index contributed by atoms with van der Waals surface area (Å²) in [6.07, 6.45) is 5.69. The van der Waals surface area contributed by atoms with E-state index in [1.165, 1.54) is 5.69 Å². The lowest BCUT2D eigenvalue weighted by atomic mass is 10.1. The first-order valence-electron chi connectivity index (χ1n) is 7.40. The minimum absolute atomic E-state index is 0.445. The second-order valence-electron chi connectivity index (χ2n) is 4.97. The molecule has 0 amide bonds. The van der Waals surface area contributed by atoms with Crippen LogP contribution in [0.4, 0.5) is 11.5 Å². The quantitative estimate of drug-likeness (QED) is 0.856. The van der Waals surface area contributed by atoms with E-state index in [0.717, 1.165) is 51.3 Å². The lowest BCUT2D eigenvalue weighted by Gasteiger charge is -2.33. The molecule has 0 unspecified atom stereocenters. The molecule has 0 saturated carbocycles. The van der Waals surface area contributed by atoms with Crippen LogP contribution in [0.25, 0.3) is 0 Å². The van der Waals surface area contributed by atoms with Crippen LogP contribution in [-0.4, -0.2) is 37.3 Å². The molecule has 4 nitrogen and oxygen atoms in total. The maximum Gasteiger partial charge on any atom is 0.127 e. The number of piperidine rings is 1. The van der Waals surface area contributed by atoms with Crippen LogP contribution >= 0.6 is 0 Å². The topological polar surface area (TPSA) is 37.4 Å². The lowest BCUT2D eigenvalue weighted by molar-refractivity contribution is 0.0459. The zero-order valence-corrected chi connectivity index (χ0v) is 12.1. The van der Waals surface area contributed by atoms with Gasteiger partial charge in [0.2, 0.25) is 0 Å². The number of pyridine rings is 1. The van der Waals surface area contributed by atoms with Crippen molar-refractivity contribution < 1.29 is 4.74 Å². The second-order valence-corrected chi connectivity index (χ2v) is 4.97. The molecule has 0 bridgehead atoms. The Labute approximate surface area is 116 Å². The standard InChI is InChI=1S/C15H25N3O/c1-3-8-16-15-12-13(5-9-17-15)18-10-6-14(7-11-18)19-4-2/h5,9,12,14H,3-4,6-8,10-11H2,1-2H3,(H,16,17). The number of anilines is 2. The number of hydrogen-bond donors (Lipinski definition) is 1. The number of nitrogens with zero attached hydrogens (tertiary/aromatic N) is 2. The van der Waals surface area contributed by atoms with E-state index in [-0.39, 0.29) is 0 Å². The number of hydrogen-bond acceptors (Lipinski definition) is 4. The fraction of sp³-hybridized carbons (Fsp3) is 0.667.